The van der Waals surface area contributed by atoms with E-state index in [2.05, 4.69) is 36.8 Å². The van der Waals surface area contributed by atoms with E-state index in [4.69, 9.17) is 10.3 Å². The second-order valence-electron chi connectivity index (χ2n) is 3.86. The van der Waals surface area contributed by atoms with E-state index in [1.807, 2.05) is 6.07 Å². The lowest BCUT2D eigenvalue weighted by Crippen LogP contribution is -2.29. The van der Waals surface area contributed by atoms with Crippen LogP contribution >= 0.6 is 11.8 Å². The van der Waals surface area contributed by atoms with Gasteiger partial charge >= 0.3 is 0 Å². The number of rotatable bonds is 4. The lowest BCUT2D eigenvalue weighted by atomic mass is 10.1. The molecule has 0 aliphatic heterocycles. The molecule has 16 heavy (non-hydrogen) atoms. The smallest absolute Gasteiger partial charge is 0.134 e. The van der Waals surface area contributed by atoms with Crippen LogP contribution in [0.3, 0.4) is 0 Å². The van der Waals surface area contributed by atoms with Gasteiger partial charge in [0.25, 0.3) is 0 Å². The van der Waals surface area contributed by atoms with Crippen molar-refractivity contribution in [1.82, 2.24) is 5.43 Å². The van der Waals surface area contributed by atoms with E-state index in [1.165, 1.54) is 5.56 Å². The summed E-state index contributed by atoms with van der Waals surface area (Å²) in [6.07, 6.45) is 2.05. The van der Waals surface area contributed by atoms with Crippen LogP contribution in [-0.4, -0.2) is 12.0 Å². The predicted octanol–water partition coefficient (Wildman–Crippen LogP) is 2.61. The van der Waals surface area contributed by atoms with Crippen molar-refractivity contribution in [1.29, 1.82) is 0 Å². The number of furan rings is 1. The summed E-state index contributed by atoms with van der Waals surface area (Å²) in [6, 6.07) is 8.30. The molecule has 4 heteroatoms. The van der Waals surface area contributed by atoms with Crippen molar-refractivity contribution in [3.8, 4) is 0 Å². The molecule has 0 fully saturated rings. The summed E-state index contributed by atoms with van der Waals surface area (Å²) < 4.78 is 5.77. The third-order valence-electron chi connectivity index (χ3n) is 2.57. The van der Waals surface area contributed by atoms with Gasteiger partial charge in [-0.15, -0.1) is 0 Å². The molecule has 2 aromatic rings. The Morgan fingerprint density at radius 3 is 2.94 bits per heavy atom. The van der Waals surface area contributed by atoms with Crippen molar-refractivity contribution in [3.63, 3.8) is 0 Å². The van der Waals surface area contributed by atoms with Crippen molar-refractivity contribution in [2.75, 3.05) is 12.0 Å². The number of hydrazine groups is 1. The summed E-state index contributed by atoms with van der Waals surface area (Å²) in [5.41, 5.74) is 4.94. The molecule has 0 radical (unpaired) electrons. The van der Waals surface area contributed by atoms with E-state index in [1.54, 1.807) is 11.8 Å². The first-order chi connectivity index (χ1) is 7.74. The minimum absolute atomic E-state index is 0.0720. The monoisotopic (exact) mass is 236 g/mol. The van der Waals surface area contributed by atoms with Gasteiger partial charge in [-0.25, -0.2) is 5.43 Å². The van der Waals surface area contributed by atoms with Crippen LogP contribution in [0.25, 0.3) is 11.0 Å². The van der Waals surface area contributed by atoms with E-state index < -0.39 is 0 Å². The molecule has 0 saturated heterocycles. The van der Waals surface area contributed by atoms with E-state index in [0.717, 1.165) is 22.5 Å². The molecule has 2 rings (SSSR count). The van der Waals surface area contributed by atoms with Crippen molar-refractivity contribution in [2.45, 2.75) is 13.0 Å². The van der Waals surface area contributed by atoms with Gasteiger partial charge in [-0.1, -0.05) is 11.6 Å². The highest BCUT2D eigenvalue weighted by atomic mass is 32.2. The molecule has 86 valence electrons. The maximum Gasteiger partial charge on any atom is 0.134 e. The molecule has 0 amide bonds. The Kier molecular flexibility index (Phi) is 3.53. The minimum atomic E-state index is 0.0720. The first-order valence-electron chi connectivity index (χ1n) is 5.19. The number of thioether (sulfide) groups is 1. The third kappa shape index (κ3) is 2.24. The van der Waals surface area contributed by atoms with Gasteiger partial charge in [0.05, 0.1) is 6.04 Å². The van der Waals surface area contributed by atoms with Gasteiger partial charge in [0, 0.05) is 11.1 Å². The lowest BCUT2D eigenvalue weighted by molar-refractivity contribution is 0.464. The van der Waals surface area contributed by atoms with Crippen molar-refractivity contribution in [2.24, 2.45) is 5.84 Å². The van der Waals surface area contributed by atoms with Gasteiger partial charge < -0.3 is 4.42 Å². The molecule has 1 unspecified atom stereocenters. The Morgan fingerprint density at radius 2 is 2.25 bits per heavy atom. The number of aryl methyl sites for hydroxylation is 1. The zero-order valence-electron chi connectivity index (χ0n) is 9.49. The summed E-state index contributed by atoms with van der Waals surface area (Å²) in [7, 11) is 0. The van der Waals surface area contributed by atoms with E-state index in [9.17, 15) is 0 Å². The summed E-state index contributed by atoms with van der Waals surface area (Å²) in [5, 5.41) is 1.14. The van der Waals surface area contributed by atoms with Crippen LogP contribution in [0.4, 0.5) is 0 Å². The fourth-order valence-electron chi connectivity index (χ4n) is 1.73. The number of nitrogens with two attached hydrogens (primary N) is 1. The Labute approximate surface area is 99.4 Å². The van der Waals surface area contributed by atoms with Crippen LogP contribution in [0.5, 0.6) is 0 Å². The highest BCUT2D eigenvalue weighted by molar-refractivity contribution is 7.98. The zero-order chi connectivity index (χ0) is 11.5. The molecular formula is C12H16N2OS. The van der Waals surface area contributed by atoms with E-state index in [0.29, 0.717) is 0 Å². The Bertz CT molecular complexity index is 481. The van der Waals surface area contributed by atoms with Crippen molar-refractivity contribution < 1.29 is 4.42 Å². The molecule has 0 bridgehead atoms. The molecule has 1 heterocycles. The molecular weight excluding hydrogens is 220 g/mol. The molecule has 1 atom stereocenters. The summed E-state index contributed by atoms with van der Waals surface area (Å²) >= 11 is 1.74. The number of hydrogen-bond donors (Lipinski definition) is 2. The highest BCUT2D eigenvalue weighted by Gasteiger charge is 2.14. The minimum Gasteiger partial charge on any atom is -0.459 e. The van der Waals surface area contributed by atoms with Crippen LogP contribution in [0.15, 0.2) is 28.7 Å². The van der Waals surface area contributed by atoms with Crippen LogP contribution in [0, 0.1) is 6.92 Å². The van der Waals surface area contributed by atoms with Gasteiger partial charge in [-0.05, 0) is 31.4 Å². The van der Waals surface area contributed by atoms with E-state index in [-0.39, 0.29) is 6.04 Å². The Balaban J connectivity index is 2.37. The first kappa shape index (κ1) is 11.5. The fourth-order valence-corrected chi connectivity index (χ4v) is 2.33. The number of fused-ring (bicyclic) bond motifs is 1. The van der Waals surface area contributed by atoms with Crippen LogP contribution in [0.1, 0.15) is 17.4 Å². The Morgan fingerprint density at radius 1 is 1.44 bits per heavy atom. The molecule has 3 nitrogen and oxygen atoms in total. The molecule has 0 aliphatic carbocycles. The summed E-state index contributed by atoms with van der Waals surface area (Å²) in [4.78, 5) is 0. The van der Waals surface area contributed by atoms with Gasteiger partial charge in [0.15, 0.2) is 0 Å². The van der Waals surface area contributed by atoms with Crippen molar-refractivity contribution >= 4 is 22.7 Å². The molecule has 1 aromatic heterocycles. The van der Waals surface area contributed by atoms with Gasteiger partial charge in [-0.3, -0.25) is 5.84 Å². The Hall–Kier alpha value is -0.970. The van der Waals surface area contributed by atoms with Gasteiger partial charge in [0.1, 0.15) is 11.3 Å². The van der Waals surface area contributed by atoms with Crippen molar-refractivity contribution in [3.05, 3.63) is 35.6 Å². The van der Waals surface area contributed by atoms with Gasteiger partial charge in [-0.2, -0.15) is 11.8 Å². The van der Waals surface area contributed by atoms with E-state index >= 15 is 0 Å². The quantitative estimate of drug-likeness (QED) is 0.633. The molecule has 1 aromatic carbocycles. The third-order valence-corrected chi connectivity index (χ3v) is 3.24. The second-order valence-corrected chi connectivity index (χ2v) is 4.78. The fraction of sp³-hybridized carbons (Fsp3) is 0.333. The maximum atomic E-state index is 5.77. The molecule has 3 N–H and O–H groups in total. The molecule has 0 saturated carbocycles. The van der Waals surface area contributed by atoms with Crippen LogP contribution < -0.4 is 11.3 Å². The largest absolute Gasteiger partial charge is 0.459 e. The predicted molar refractivity (Wildman–Crippen MR) is 69.4 cm³/mol. The summed E-state index contributed by atoms with van der Waals surface area (Å²) in [6.45, 7) is 2.08. The number of benzene rings is 1. The number of nitrogens with one attached hydrogen (secondary N) is 1. The van der Waals surface area contributed by atoms with Gasteiger partial charge in [0.2, 0.25) is 0 Å². The average molecular weight is 236 g/mol. The maximum absolute atomic E-state index is 5.77. The standard InChI is InChI=1S/C12H16N2OS/c1-8-3-4-11-9(5-8)6-12(15-11)10(14-13)7-16-2/h3-6,10,14H,7,13H2,1-2H3. The first-order valence-corrected chi connectivity index (χ1v) is 6.59. The SMILES string of the molecule is CSCC(NN)c1cc2cc(C)ccc2o1. The van der Waals surface area contributed by atoms with Crippen LogP contribution in [-0.2, 0) is 0 Å². The zero-order valence-corrected chi connectivity index (χ0v) is 10.3. The van der Waals surface area contributed by atoms with Crippen LogP contribution in [0.2, 0.25) is 0 Å². The normalized spacial score (nSPS) is 13.2. The average Bonchev–Trinajstić information content (AvgIpc) is 2.68. The summed E-state index contributed by atoms with van der Waals surface area (Å²) in [5.74, 6) is 7.32. The topological polar surface area (TPSA) is 51.2 Å². The molecule has 0 aliphatic rings. The highest BCUT2D eigenvalue weighted by Crippen LogP contribution is 2.25. The number of hydrogen-bond acceptors (Lipinski definition) is 4. The lowest BCUT2D eigenvalue weighted by Gasteiger charge is -2.10. The molecule has 0 spiro atoms. The second kappa shape index (κ2) is 4.91.